The molecule has 0 atom stereocenters. The highest BCUT2D eigenvalue weighted by Gasteiger charge is 2.28. The number of aromatic nitrogens is 2. The van der Waals surface area contributed by atoms with Crippen LogP contribution < -0.4 is 10.1 Å². The van der Waals surface area contributed by atoms with Gasteiger partial charge in [-0.2, -0.15) is 4.98 Å². The zero-order chi connectivity index (χ0) is 13.2. The Morgan fingerprint density at radius 1 is 1.16 bits per heavy atom. The third kappa shape index (κ3) is 2.52. The standard InChI is InChI=1S/C15H17N3O/c1-10-13(16-2)17-14(11-8-9-11)18-15(10)19-12-6-4-3-5-7-12/h3-7,11H,8-9H2,1-2H3,(H,16,17,18). The van der Waals surface area contributed by atoms with E-state index in [0.717, 1.165) is 23.0 Å². The van der Waals surface area contributed by atoms with E-state index >= 15 is 0 Å². The first kappa shape index (κ1) is 12.0. The molecule has 1 aliphatic carbocycles. The van der Waals surface area contributed by atoms with Crippen LogP contribution in [0.2, 0.25) is 0 Å². The second-order valence-corrected chi connectivity index (χ2v) is 4.80. The van der Waals surface area contributed by atoms with Crippen LogP contribution in [0.4, 0.5) is 5.82 Å². The second kappa shape index (κ2) is 4.88. The molecule has 2 aromatic rings. The highest BCUT2D eigenvalue weighted by molar-refractivity contribution is 5.49. The first-order chi connectivity index (χ1) is 9.28. The highest BCUT2D eigenvalue weighted by atomic mass is 16.5. The molecule has 1 aliphatic rings. The second-order valence-electron chi connectivity index (χ2n) is 4.80. The Hall–Kier alpha value is -2.10. The van der Waals surface area contributed by atoms with Crippen LogP contribution in [0.3, 0.4) is 0 Å². The summed E-state index contributed by atoms with van der Waals surface area (Å²) in [7, 11) is 1.87. The Morgan fingerprint density at radius 2 is 1.89 bits per heavy atom. The van der Waals surface area contributed by atoms with E-state index in [-0.39, 0.29) is 0 Å². The van der Waals surface area contributed by atoms with Crippen molar-refractivity contribution in [2.75, 3.05) is 12.4 Å². The molecule has 1 aromatic heterocycles. The number of ether oxygens (including phenoxy) is 1. The van der Waals surface area contributed by atoms with Crippen LogP contribution in [-0.2, 0) is 0 Å². The van der Waals surface area contributed by atoms with Gasteiger partial charge in [0, 0.05) is 13.0 Å². The summed E-state index contributed by atoms with van der Waals surface area (Å²) in [5.41, 5.74) is 0.941. The van der Waals surface area contributed by atoms with Crippen LogP contribution in [0.1, 0.15) is 30.1 Å². The van der Waals surface area contributed by atoms with E-state index in [1.807, 2.05) is 44.3 Å². The van der Waals surface area contributed by atoms with Gasteiger partial charge in [-0.3, -0.25) is 0 Å². The maximum Gasteiger partial charge on any atom is 0.227 e. The predicted molar refractivity (Wildman–Crippen MR) is 74.8 cm³/mol. The molecule has 0 unspecified atom stereocenters. The van der Waals surface area contributed by atoms with E-state index in [1.165, 1.54) is 12.8 Å². The molecule has 0 saturated heterocycles. The summed E-state index contributed by atoms with van der Waals surface area (Å²) in [6, 6.07) is 9.72. The molecule has 0 radical (unpaired) electrons. The lowest BCUT2D eigenvalue weighted by Gasteiger charge is -2.12. The molecule has 3 rings (SSSR count). The number of hydrogen-bond donors (Lipinski definition) is 1. The fraction of sp³-hybridized carbons (Fsp3) is 0.333. The molecule has 4 nitrogen and oxygen atoms in total. The molecular weight excluding hydrogens is 238 g/mol. The van der Waals surface area contributed by atoms with Gasteiger partial charge in [-0.1, -0.05) is 18.2 Å². The van der Waals surface area contributed by atoms with Gasteiger partial charge in [-0.05, 0) is 31.9 Å². The van der Waals surface area contributed by atoms with Crippen molar-refractivity contribution in [3.05, 3.63) is 41.7 Å². The lowest BCUT2D eigenvalue weighted by Crippen LogP contribution is -2.04. The molecule has 0 bridgehead atoms. The fourth-order valence-electron chi connectivity index (χ4n) is 1.98. The van der Waals surface area contributed by atoms with Crippen molar-refractivity contribution in [1.29, 1.82) is 0 Å². The summed E-state index contributed by atoms with van der Waals surface area (Å²) >= 11 is 0. The Kier molecular flexibility index (Phi) is 3.07. The van der Waals surface area contributed by atoms with E-state index in [0.29, 0.717) is 11.8 Å². The minimum Gasteiger partial charge on any atom is -0.439 e. The van der Waals surface area contributed by atoms with Crippen LogP contribution in [0.25, 0.3) is 0 Å². The number of para-hydroxylation sites is 1. The Balaban J connectivity index is 1.97. The monoisotopic (exact) mass is 255 g/mol. The largest absolute Gasteiger partial charge is 0.439 e. The van der Waals surface area contributed by atoms with Gasteiger partial charge >= 0.3 is 0 Å². The summed E-state index contributed by atoms with van der Waals surface area (Å²) in [6.45, 7) is 1.97. The molecule has 1 heterocycles. The summed E-state index contributed by atoms with van der Waals surface area (Å²) in [5.74, 6) is 3.69. The van der Waals surface area contributed by atoms with Gasteiger partial charge in [0.15, 0.2) is 0 Å². The topological polar surface area (TPSA) is 47.0 Å². The van der Waals surface area contributed by atoms with Crippen LogP contribution in [-0.4, -0.2) is 17.0 Å². The Labute approximate surface area is 112 Å². The number of hydrogen-bond acceptors (Lipinski definition) is 4. The molecule has 19 heavy (non-hydrogen) atoms. The summed E-state index contributed by atoms with van der Waals surface area (Å²) in [6.07, 6.45) is 2.36. The number of nitrogens with one attached hydrogen (secondary N) is 1. The van der Waals surface area contributed by atoms with Crippen molar-refractivity contribution in [2.45, 2.75) is 25.7 Å². The number of benzene rings is 1. The SMILES string of the molecule is CNc1nc(C2CC2)nc(Oc2ccccc2)c1C. The number of nitrogens with zero attached hydrogens (tertiary/aromatic N) is 2. The van der Waals surface area contributed by atoms with Crippen LogP contribution in [0, 0.1) is 6.92 Å². The summed E-state index contributed by atoms with van der Waals surface area (Å²) < 4.78 is 5.88. The zero-order valence-electron chi connectivity index (χ0n) is 11.2. The van der Waals surface area contributed by atoms with Crippen molar-refractivity contribution < 1.29 is 4.74 Å². The van der Waals surface area contributed by atoms with Crippen molar-refractivity contribution in [1.82, 2.24) is 9.97 Å². The summed E-state index contributed by atoms with van der Waals surface area (Å²) in [5, 5.41) is 3.11. The third-order valence-electron chi connectivity index (χ3n) is 3.26. The fourth-order valence-corrected chi connectivity index (χ4v) is 1.98. The van der Waals surface area contributed by atoms with E-state index < -0.39 is 0 Å². The smallest absolute Gasteiger partial charge is 0.227 e. The van der Waals surface area contributed by atoms with Gasteiger partial charge in [-0.25, -0.2) is 4.98 Å². The summed E-state index contributed by atoms with van der Waals surface area (Å²) in [4.78, 5) is 9.12. The van der Waals surface area contributed by atoms with Crippen molar-refractivity contribution >= 4 is 5.82 Å². The third-order valence-corrected chi connectivity index (χ3v) is 3.26. The highest BCUT2D eigenvalue weighted by Crippen LogP contribution is 2.40. The average Bonchev–Trinajstić information content (AvgIpc) is 3.27. The quantitative estimate of drug-likeness (QED) is 0.908. The van der Waals surface area contributed by atoms with Crippen molar-refractivity contribution in [3.63, 3.8) is 0 Å². The first-order valence-corrected chi connectivity index (χ1v) is 6.57. The van der Waals surface area contributed by atoms with Gasteiger partial charge in [0.25, 0.3) is 0 Å². The molecule has 1 saturated carbocycles. The molecule has 4 heteroatoms. The zero-order valence-corrected chi connectivity index (χ0v) is 11.2. The molecular formula is C15H17N3O. The number of anilines is 1. The minimum absolute atomic E-state index is 0.505. The van der Waals surface area contributed by atoms with Gasteiger partial charge in [-0.15, -0.1) is 0 Å². The van der Waals surface area contributed by atoms with Crippen LogP contribution in [0.5, 0.6) is 11.6 Å². The maximum atomic E-state index is 5.88. The van der Waals surface area contributed by atoms with Gasteiger partial charge in [0.2, 0.25) is 5.88 Å². The van der Waals surface area contributed by atoms with Gasteiger partial charge in [0.1, 0.15) is 17.4 Å². The normalized spacial score (nSPS) is 14.2. The van der Waals surface area contributed by atoms with E-state index in [4.69, 9.17) is 4.74 Å². The molecule has 1 fully saturated rings. The lowest BCUT2D eigenvalue weighted by molar-refractivity contribution is 0.455. The number of rotatable bonds is 4. The molecule has 1 N–H and O–H groups in total. The van der Waals surface area contributed by atoms with Crippen LogP contribution in [0.15, 0.2) is 30.3 Å². The van der Waals surface area contributed by atoms with Gasteiger partial charge < -0.3 is 10.1 Å². The minimum atomic E-state index is 0.505. The molecule has 98 valence electrons. The molecule has 0 amide bonds. The van der Waals surface area contributed by atoms with Gasteiger partial charge in [0.05, 0.1) is 5.56 Å². The molecule has 0 spiro atoms. The maximum absolute atomic E-state index is 5.88. The van der Waals surface area contributed by atoms with Crippen molar-refractivity contribution in [3.8, 4) is 11.6 Å². The molecule has 0 aliphatic heterocycles. The van der Waals surface area contributed by atoms with E-state index in [2.05, 4.69) is 15.3 Å². The molecule has 1 aromatic carbocycles. The predicted octanol–water partition coefficient (Wildman–Crippen LogP) is 3.50. The van der Waals surface area contributed by atoms with E-state index in [1.54, 1.807) is 0 Å². The van der Waals surface area contributed by atoms with Crippen LogP contribution >= 0.6 is 0 Å². The Bertz CT molecular complexity index is 579. The van der Waals surface area contributed by atoms with Crippen molar-refractivity contribution in [2.24, 2.45) is 0 Å². The average molecular weight is 255 g/mol. The first-order valence-electron chi connectivity index (χ1n) is 6.57. The lowest BCUT2D eigenvalue weighted by atomic mass is 10.3. The van der Waals surface area contributed by atoms with E-state index in [9.17, 15) is 0 Å². The Morgan fingerprint density at radius 3 is 2.53 bits per heavy atom.